The number of hydrogen-bond acceptors (Lipinski definition) is 2. The number of carbonyl (C=O) groups is 1. The van der Waals surface area contributed by atoms with Gasteiger partial charge in [0, 0.05) is 23.7 Å². The van der Waals surface area contributed by atoms with Gasteiger partial charge in [0.05, 0.1) is 11.8 Å². The van der Waals surface area contributed by atoms with Crippen molar-refractivity contribution in [3.63, 3.8) is 0 Å². The van der Waals surface area contributed by atoms with Gasteiger partial charge in [-0.2, -0.15) is 5.10 Å². The maximum atomic E-state index is 12.3. The number of nitrogens with one attached hydrogen (secondary N) is 2. The number of allylic oxidation sites excluding steroid dienone is 1. The van der Waals surface area contributed by atoms with Crippen LogP contribution in [0.25, 0.3) is 0 Å². The summed E-state index contributed by atoms with van der Waals surface area (Å²) in [4.78, 5) is 12.3. The van der Waals surface area contributed by atoms with Crippen LogP contribution in [-0.2, 0) is 0 Å². The second-order valence-electron chi connectivity index (χ2n) is 5.65. The van der Waals surface area contributed by atoms with Gasteiger partial charge in [0.2, 0.25) is 0 Å². The van der Waals surface area contributed by atoms with E-state index in [0.29, 0.717) is 10.1 Å². The van der Waals surface area contributed by atoms with Crippen molar-refractivity contribution in [1.82, 2.24) is 10.2 Å². The van der Waals surface area contributed by atoms with Crippen LogP contribution in [0, 0.1) is 0 Å². The molecule has 0 bridgehead atoms. The first-order valence-corrected chi connectivity index (χ1v) is 8.28. The van der Waals surface area contributed by atoms with E-state index < -0.39 is 0 Å². The number of amides is 1. The number of nitrogens with zero attached hydrogens (tertiary/aromatic N) is 1. The highest BCUT2D eigenvalue weighted by Gasteiger charge is 2.36. The van der Waals surface area contributed by atoms with Crippen molar-refractivity contribution in [1.29, 1.82) is 0 Å². The van der Waals surface area contributed by atoms with Crippen molar-refractivity contribution >= 4 is 34.8 Å². The van der Waals surface area contributed by atoms with Crippen molar-refractivity contribution in [2.24, 2.45) is 0 Å². The third-order valence-corrected chi connectivity index (χ3v) is 4.87. The minimum absolute atomic E-state index is 0.117. The van der Waals surface area contributed by atoms with Gasteiger partial charge >= 0.3 is 0 Å². The number of anilines is 1. The Morgan fingerprint density at radius 3 is 2.78 bits per heavy atom. The Morgan fingerprint density at radius 2 is 2.17 bits per heavy atom. The van der Waals surface area contributed by atoms with E-state index in [4.69, 9.17) is 23.2 Å². The van der Waals surface area contributed by atoms with Crippen LogP contribution in [0.5, 0.6) is 0 Å². The number of rotatable bonds is 3. The Kier molecular flexibility index (Phi) is 4.46. The van der Waals surface area contributed by atoms with Gasteiger partial charge in [-0.3, -0.25) is 9.89 Å². The highest BCUT2D eigenvalue weighted by atomic mass is 35.5. The van der Waals surface area contributed by atoms with Gasteiger partial charge in [0.15, 0.2) is 0 Å². The Bertz CT molecular complexity index is 764. The Labute approximate surface area is 144 Å². The summed E-state index contributed by atoms with van der Waals surface area (Å²) in [5, 5.41) is 9.43. The molecule has 6 heteroatoms. The Hall–Kier alpha value is -1.78. The number of benzene rings is 1. The third kappa shape index (κ3) is 2.77. The smallest absolute Gasteiger partial charge is 0.258 e. The number of aromatic nitrogens is 2. The molecule has 1 amide bonds. The van der Waals surface area contributed by atoms with Crippen LogP contribution in [0.15, 0.2) is 40.7 Å². The second-order valence-corrected chi connectivity index (χ2v) is 6.60. The molecule has 0 fully saturated rings. The number of hydrogen-bond donors (Lipinski definition) is 2. The zero-order chi connectivity index (χ0) is 16.6. The molecule has 1 aliphatic carbocycles. The van der Waals surface area contributed by atoms with Crippen molar-refractivity contribution in [2.45, 2.75) is 32.1 Å². The molecule has 23 heavy (non-hydrogen) atoms. The largest absolute Gasteiger partial charge is 0.322 e. The van der Waals surface area contributed by atoms with Crippen molar-refractivity contribution < 1.29 is 4.79 Å². The molecular formula is C17H17Cl2N3O. The molecule has 2 aromatic rings. The lowest BCUT2D eigenvalue weighted by Gasteiger charge is -2.16. The molecule has 1 heterocycles. The van der Waals surface area contributed by atoms with Gasteiger partial charge < -0.3 is 5.32 Å². The average molecular weight is 350 g/mol. The summed E-state index contributed by atoms with van der Waals surface area (Å²) in [5.74, 6) is 0.0700. The molecule has 1 aromatic carbocycles. The van der Waals surface area contributed by atoms with Gasteiger partial charge in [-0.15, -0.1) is 0 Å². The zero-order valence-electron chi connectivity index (χ0n) is 12.9. The van der Waals surface area contributed by atoms with Crippen LogP contribution in [0.4, 0.5) is 5.69 Å². The van der Waals surface area contributed by atoms with Gasteiger partial charge in [-0.05, 0) is 29.2 Å². The molecule has 0 saturated heterocycles. The maximum Gasteiger partial charge on any atom is 0.258 e. The fraction of sp³-hybridized carbons (Fsp3) is 0.294. The molecule has 1 aliphatic rings. The van der Waals surface area contributed by atoms with Crippen LogP contribution >= 0.6 is 23.2 Å². The third-order valence-electron chi connectivity index (χ3n) is 4.43. The number of carbonyl (C=O) groups excluding carboxylic acids is 1. The van der Waals surface area contributed by atoms with Crippen LogP contribution in [0.3, 0.4) is 0 Å². The van der Waals surface area contributed by atoms with E-state index in [9.17, 15) is 4.79 Å². The van der Waals surface area contributed by atoms with Crippen LogP contribution < -0.4 is 5.32 Å². The topological polar surface area (TPSA) is 57.8 Å². The lowest BCUT2D eigenvalue weighted by Crippen LogP contribution is -2.13. The van der Waals surface area contributed by atoms with E-state index in [1.54, 1.807) is 6.20 Å². The van der Waals surface area contributed by atoms with E-state index >= 15 is 0 Å². The normalized spacial score (nSPS) is 19.6. The van der Waals surface area contributed by atoms with Crippen LogP contribution in [0.1, 0.15) is 53.6 Å². The number of H-pyrrole nitrogens is 1. The molecule has 0 aliphatic heterocycles. The summed E-state index contributed by atoms with van der Waals surface area (Å²) in [7, 11) is 0. The van der Waals surface area contributed by atoms with E-state index in [-0.39, 0.29) is 17.7 Å². The fourth-order valence-corrected chi connectivity index (χ4v) is 3.96. The Morgan fingerprint density at radius 1 is 1.39 bits per heavy atom. The fourth-order valence-electron chi connectivity index (χ4n) is 3.37. The molecule has 0 saturated carbocycles. The molecular weight excluding hydrogens is 333 g/mol. The molecule has 0 spiro atoms. The summed E-state index contributed by atoms with van der Waals surface area (Å²) in [6.45, 7) is 4.19. The van der Waals surface area contributed by atoms with Gasteiger partial charge in [-0.1, -0.05) is 49.2 Å². The van der Waals surface area contributed by atoms with E-state index in [1.165, 1.54) is 6.20 Å². The van der Waals surface area contributed by atoms with Crippen molar-refractivity contribution in [3.05, 3.63) is 57.3 Å². The molecule has 0 radical (unpaired) electrons. The highest BCUT2D eigenvalue weighted by Crippen LogP contribution is 2.52. The molecule has 4 nitrogen and oxygen atoms in total. The number of halogens is 2. The molecule has 2 unspecified atom stereocenters. The highest BCUT2D eigenvalue weighted by molar-refractivity contribution is 6.56. The molecule has 120 valence electrons. The second kappa shape index (κ2) is 6.38. The van der Waals surface area contributed by atoms with Gasteiger partial charge in [0.1, 0.15) is 4.49 Å². The summed E-state index contributed by atoms with van der Waals surface area (Å²) in [6.07, 6.45) is 3.94. The average Bonchev–Trinajstić information content (AvgIpc) is 3.14. The first kappa shape index (κ1) is 16.1. The van der Waals surface area contributed by atoms with E-state index in [1.807, 2.05) is 12.1 Å². The molecule has 1 aromatic heterocycles. The van der Waals surface area contributed by atoms with Gasteiger partial charge in [-0.25, -0.2) is 0 Å². The molecule has 2 N–H and O–H groups in total. The molecule has 3 rings (SSSR count). The molecule has 2 atom stereocenters. The Balaban J connectivity index is 2.03. The zero-order valence-corrected chi connectivity index (χ0v) is 14.4. The number of aromatic amines is 1. The summed E-state index contributed by atoms with van der Waals surface area (Å²) in [6, 6.07) is 5.93. The van der Waals surface area contributed by atoms with Crippen LogP contribution in [-0.4, -0.2) is 16.1 Å². The van der Waals surface area contributed by atoms with Gasteiger partial charge in [0.25, 0.3) is 5.91 Å². The summed E-state index contributed by atoms with van der Waals surface area (Å²) < 4.78 is 0.327. The van der Waals surface area contributed by atoms with Crippen molar-refractivity contribution in [3.8, 4) is 0 Å². The predicted molar refractivity (Wildman–Crippen MR) is 93.2 cm³/mol. The first-order chi connectivity index (χ1) is 11.0. The quantitative estimate of drug-likeness (QED) is 0.822. The summed E-state index contributed by atoms with van der Waals surface area (Å²) in [5.41, 5.74) is 4.59. The predicted octanol–water partition coefficient (Wildman–Crippen LogP) is 4.96. The van der Waals surface area contributed by atoms with Crippen LogP contribution in [0.2, 0.25) is 0 Å². The van der Waals surface area contributed by atoms with Crippen molar-refractivity contribution in [2.75, 3.05) is 5.32 Å². The monoisotopic (exact) mass is 349 g/mol. The first-order valence-electron chi connectivity index (χ1n) is 7.52. The minimum Gasteiger partial charge on any atom is -0.322 e. The standard InChI is InChI=1S/C17H17Cl2N3O/c1-3-11-14(16(18)19)9(2)12-5-4-6-13(15(11)12)22-17(23)10-7-20-21-8-10/h4-9,11H,3H2,1-2H3,(H,20,21)(H,22,23). The summed E-state index contributed by atoms with van der Waals surface area (Å²) >= 11 is 12.3. The van der Waals surface area contributed by atoms with E-state index in [2.05, 4.69) is 35.4 Å². The number of fused-ring (bicyclic) bond motifs is 1. The minimum atomic E-state index is -0.191. The maximum absolute atomic E-state index is 12.3. The SMILES string of the molecule is CCC1C(=C(Cl)Cl)C(C)c2cccc(NC(=O)c3cn[nH]c3)c21. The lowest BCUT2D eigenvalue weighted by atomic mass is 9.93. The van der Waals surface area contributed by atoms with E-state index in [0.717, 1.165) is 28.8 Å². The lowest BCUT2D eigenvalue weighted by molar-refractivity contribution is 0.102.